The van der Waals surface area contributed by atoms with Gasteiger partial charge in [-0.15, -0.1) is 0 Å². The maximum absolute atomic E-state index is 5.23. The van der Waals surface area contributed by atoms with Gasteiger partial charge in [0.25, 0.3) is 0 Å². The lowest BCUT2D eigenvalue weighted by Gasteiger charge is -2.17. The number of para-hydroxylation sites is 3. The quantitative estimate of drug-likeness (QED) is 0.180. The Hall–Kier alpha value is -7.11. The number of hydrogen-bond donors (Lipinski definition) is 0. The van der Waals surface area contributed by atoms with Gasteiger partial charge in [0.05, 0.1) is 27.8 Å². The summed E-state index contributed by atoms with van der Waals surface area (Å²) < 4.78 is 4.91. The predicted molar refractivity (Wildman–Crippen MR) is 223 cm³/mol. The smallest absolute Gasteiger partial charge is 0.164 e. The zero-order valence-corrected chi connectivity index (χ0v) is 29.4. The number of aromatic nitrogens is 5. The lowest BCUT2D eigenvalue weighted by molar-refractivity contribution is 1.01. The van der Waals surface area contributed by atoms with E-state index in [-0.39, 0.29) is 0 Å². The molecule has 1 aliphatic carbocycles. The average molecular weight is 692 g/mol. The second-order valence-electron chi connectivity index (χ2n) is 13.9. The van der Waals surface area contributed by atoms with E-state index >= 15 is 0 Å². The van der Waals surface area contributed by atoms with Crippen LogP contribution in [0.25, 0.3) is 94.1 Å². The standard InChI is InChI=1S/C49H33N5/c1-4-16-33(17-5-1)47-50-48(34-18-6-2-7-19-34)52-49(51-47)40-26-14-20-32-21-15-29-43(44(32)40)54-42-28-13-11-25-37(42)39-31-30-38-36-24-10-12-27-41(36)53(45(38)46(39)54)35-22-8-3-9-23-35/h1,3-6,8-31H,2,7H2. The second kappa shape index (κ2) is 12.2. The Kier molecular flexibility index (Phi) is 6.92. The Balaban J connectivity index is 1.27. The Morgan fingerprint density at radius 3 is 1.78 bits per heavy atom. The molecule has 1 aliphatic rings. The van der Waals surface area contributed by atoms with E-state index in [2.05, 4.69) is 167 Å². The highest BCUT2D eigenvalue weighted by Gasteiger charge is 2.23. The van der Waals surface area contributed by atoms with Crippen molar-refractivity contribution in [3.63, 3.8) is 0 Å². The zero-order chi connectivity index (χ0) is 35.6. The van der Waals surface area contributed by atoms with E-state index in [1.165, 1.54) is 32.6 Å². The van der Waals surface area contributed by atoms with E-state index in [4.69, 9.17) is 15.0 Å². The molecule has 0 unspecified atom stereocenters. The normalized spacial score (nSPS) is 13.1. The van der Waals surface area contributed by atoms with Crippen LogP contribution in [0.15, 0.2) is 176 Å². The van der Waals surface area contributed by atoms with Crippen LogP contribution in [0.1, 0.15) is 18.7 Å². The summed E-state index contributed by atoms with van der Waals surface area (Å²) in [7, 11) is 0. The summed E-state index contributed by atoms with van der Waals surface area (Å²) in [5, 5.41) is 7.06. The van der Waals surface area contributed by atoms with Gasteiger partial charge < -0.3 is 9.13 Å². The molecule has 0 N–H and O–H groups in total. The third-order valence-electron chi connectivity index (χ3n) is 10.8. The molecule has 0 saturated carbocycles. The molecule has 54 heavy (non-hydrogen) atoms. The summed E-state index contributed by atoms with van der Waals surface area (Å²) in [6.07, 6.45) is 8.57. The monoisotopic (exact) mass is 691 g/mol. The van der Waals surface area contributed by atoms with Gasteiger partial charge in [-0.2, -0.15) is 0 Å². The van der Waals surface area contributed by atoms with Crippen LogP contribution in [0.2, 0.25) is 0 Å². The fourth-order valence-corrected chi connectivity index (χ4v) is 8.41. The Labute approximate surface area is 311 Å². The van der Waals surface area contributed by atoms with Crippen molar-refractivity contribution in [1.29, 1.82) is 0 Å². The van der Waals surface area contributed by atoms with Crippen LogP contribution < -0.4 is 0 Å². The lowest BCUT2D eigenvalue weighted by Crippen LogP contribution is -2.04. The molecule has 0 radical (unpaired) electrons. The Morgan fingerprint density at radius 2 is 1.06 bits per heavy atom. The summed E-state index contributed by atoms with van der Waals surface area (Å²) in [6, 6.07) is 56.2. The summed E-state index contributed by atoms with van der Waals surface area (Å²) in [5.74, 6) is 2.01. The van der Waals surface area contributed by atoms with Gasteiger partial charge in [0, 0.05) is 49.3 Å². The third kappa shape index (κ3) is 4.68. The summed E-state index contributed by atoms with van der Waals surface area (Å²) in [4.78, 5) is 15.5. The van der Waals surface area contributed by atoms with Crippen molar-refractivity contribution in [1.82, 2.24) is 24.1 Å². The minimum absolute atomic E-state index is 0.654. The van der Waals surface area contributed by atoms with Gasteiger partial charge in [0.15, 0.2) is 17.5 Å². The largest absolute Gasteiger partial charge is 0.307 e. The average Bonchev–Trinajstić information content (AvgIpc) is 3.77. The first-order valence-corrected chi connectivity index (χ1v) is 18.5. The maximum Gasteiger partial charge on any atom is 0.164 e. The van der Waals surface area contributed by atoms with Crippen LogP contribution in [-0.2, 0) is 0 Å². The maximum atomic E-state index is 5.23. The molecule has 0 bridgehead atoms. The van der Waals surface area contributed by atoms with Crippen molar-refractivity contribution < 1.29 is 0 Å². The molecule has 7 aromatic carbocycles. The molecular formula is C49H33N5. The van der Waals surface area contributed by atoms with Gasteiger partial charge in [-0.25, -0.2) is 15.0 Å². The topological polar surface area (TPSA) is 48.5 Å². The number of benzene rings is 7. The van der Waals surface area contributed by atoms with E-state index in [0.29, 0.717) is 17.5 Å². The summed E-state index contributed by atoms with van der Waals surface area (Å²) >= 11 is 0. The zero-order valence-electron chi connectivity index (χ0n) is 29.4. The Bertz CT molecular complexity index is 3140. The molecule has 0 atom stereocenters. The SMILES string of the molecule is C1=CC(c2nc(-c3ccccc3)nc(-c3cccc4cccc(-n5c6ccccc6c6ccc7c8ccccc8n(-c8ccccc8)c7c65)c34)n2)=CCC1. The molecule has 10 aromatic rings. The first-order valence-electron chi connectivity index (χ1n) is 18.5. The van der Waals surface area contributed by atoms with Crippen molar-refractivity contribution in [3.05, 3.63) is 182 Å². The van der Waals surface area contributed by atoms with E-state index in [1.807, 2.05) is 18.2 Å². The van der Waals surface area contributed by atoms with Crippen molar-refractivity contribution in [3.8, 4) is 34.2 Å². The number of rotatable bonds is 5. The van der Waals surface area contributed by atoms with Gasteiger partial charge in [-0.1, -0.05) is 146 Å². The molecule has 0 aliphatic heterocycles. The van der Waals surface area contributed by atoms with Crippen molar-refractivity contribution in [2.45, 2.75) is 12.8 Å². The van der Waals surface area contributed by atoms with E-state index < -0.39 is 0 Å². The molecule has 5 heteroatoms. The Morgan fingerprint density at radius 1 is 0.444 bits per heavy atom. The van der Waals surface area contributed by atoms with Crippen molar-refractivity contribution in [2.75, 3.05) is 0 Å². The van der Waals surface area contributed by atoms with Crippen LogP contribution in [-0.4, -0.2) is 24.1 Å². The van der Waals surface area contributed by atoms with Gasteiger partial charge in [-0.05, 0) is 48.6 Å². The molecule has 254 valence electrons. The van der Waals surface area contributed by atoms with E-state index in [1.54, 1.807) is 0 Å². The molecule has 3 heterocycles. The van der Waals surface area contributed by atoms with Crippen LogP contribution >= 0.6 is 0 Å². The lowest BCUT2D eigenvalue weighted by atomic mass is 10.0. The van der Waals surface area contributed by atoms with Crippen LogP contribution in [0.5, 0.6) is 0 Å². The fourth-order valence-electron chi connectivity index (χ4n) is 8.41. The third-order valence-corrected chi connectivity index (χ3v) is 10.8. The molecular weight excluding hydrogens is 659 g/mol. The van der Waals surface area contributed by atoms with Gasteiger partial charge in [-0.3, -0.25) is 0 Å². The molecule has 0 fully saturated rings. The fraction of sp³-hybridized carbons (Fsp3) is 0.0408. The highest BCUT2D eigenvalue weighted by atomic mass is 15.1. The minimum atomic E-state index is 0.654. The predicted octanol–water partition coefficient (Wildman–Crippen LogP) is 12.3. The number of fused-ring (bicyclic) bond motifs is 8. The van der Waals surface area contributed by atoms with E-state index in [0.717, 1.165) is 62.7 Å². The first kappa shape index (κ1) is 30.5. The second-order valence-corrected chi connectivity index (χ2v) is 13.9. The molecule has 0 spiro atoms. The minimum Gasteiger partial charge on any atom is -0.307 e. The summed E-state index contributed by atoms with van der Waals surface area (Å²) in [6.45, 7) is 0. The number of nitrogens with zero attached hydrogens (tertiary/aromatic N) is 5. The van der Waals surface area contributed by atoms with E-state index in [9.17, 15) is 0 Å². The molecule has 11 rings (SSSR count). The molecule has 0 amide bonds. The van der Waals surface area contributed by atoms with Crippen LogP contribution in [0.3, 0.4) is 0 Å². The molecule has 0 saturated heterocycles. The molecule has 5 nitrogen and oxygen atoms in total. The van der Waals surface area contributed by atoms with Crippen LogP contribution in [0.4, 0.5) is 0 Å². The van der Waals surface area contributed by atoms with Crippen molar-refractivity contribution >= 4 is 60.0 Å². The van der Waals surface area contributed by atoms with Crippen LogP contribution in [0, 0.1) is 0 Å². The van der Waals surface area contributed by atoms with Gasteiger partial charge >= 0.3 is 0 Å². The number of hydrogen-bond acceptors (Lipinski definition) is 3. The highest BCUT2D eigenvalue weighted by molar-refractivity contribution is 6.24. The summed E-state index contributed by atoms with van der Waals surface area (Å²) in [5.41, 5.74) is 9.82. The van der Waals surface area contributed by atoms with Crippen molar-refractivity contribution in [2.24, 2.45) is 0 Å². The number of allylic oxidation sites excluding steroid dienone is 4. The van der Waals surface area contributed by atoms with Gasteiger partial charge in [0.2, 0.25) is 0 Å². The van der Waals surface area contributed by atoms with Gasteiger partial charge in [0.1, 0.15) is 0 Å². The first-order chi connectivity index (χ1) is 26.8. The highest BCUT2D eigenvalue weighted by Crippen LogP contribution is 2.43. The molecule has 3 aromatic heterocycles.